The van der Waals surface area contributed by atoms with Gasteiger partial charge < -0.3 is 10.2 Å². The van der Waals surface area contributed by atoms with E-state index in [0.29, 0.717) is 19.5 Å². The number of nitrogens with one attached hydrogen (secondary N) is 1. The van der Waals surface area contributed by atoms with Gasteiger partial charge in [0.2, 0.25) is 11.8 Å². The maximum Gasteiger partial charge on any atom is 0.242 e. The van der Waals surface area contributed by atoms with Crippen LogP contribution in [0.2, 0.25) is 0 Å². The number of carbonyl (C=O) groups is 2. The van der Waals surface area contributed by atoms with Crippen molar-refractivity contribution in [2.24, 2.45) is 0 Å². The topological polar surface area (TPSA) is 49.4 Å². The predicted molar refractivity (Wildman–Crippen MR) is 61.8 cm³/mol. The molecule has 1 N–H and O–H groups in total. The van der Waals surface area contributed by atoms with E-state index in [1.54, 1.807) is 16.7 Å². The van der Waals surface area contributed by atoms with Gasteiger partial charge in [0.25, 0.3) is 0 Å². The van der Waals surface area contributed by atoms with Crippen LogP contribution in [0.3, 0.4) is 0 Å². The highest BCUT2D eigenvalue weighted by Gasteiger charge is 2.26. The van der Waals surface area contributed by atoms with Crippen LogP contribution < -0.4 is 5.32 Å². The van der Waals surface area contributed by atoms with Crippen molar-refractivity contribution in [3.63, 3.8) is 0 Å². The minimum Gasteiger partial charge on any atom is -0.347 e. The molecule has 1 rings (SSSR count). The lowest BCUT2D eigenvalue weighted by Gasteiger charge is -2.30. The molecule has 0 atom stereocenters. The van der Waals surface area contributed by atoms with Crippen molar-refractivity contribution >= 4 is 23.6 Å². The Labute approximate surface area is 94.8 Å². The smallest absolute Gasteiger partial charge is 0.242 e. The Hall–Kier alpha value is -0.710. The lowest BCUT2D eigenvalue weighted by atomic mass is 10.2. The molecular weight excluding hydrogens is 212 g/mol. The summed E-state index contributed by atoms with van der Waals surface area (Å²) in [4.78, 5) is 24.5. The number of rotatable bonds is 3. The summed E-state index contributed by atoms with van der Waals surface area (Å²) in [6, 6.07) is 0. The Morgan fingerprint density at radius 2 is 2.13 bits per heavy atom. The number of hydrogen-bond acceptors (Lipinski definition) is 3. The summed E-state index contributed by atoms with van der Waals surface area (Å²) in [5.41, 5.74) is 0. The fourth-order valence-corrected chi connectivity index (χ4v) is 1.71. The molecule has 2 amide bonds. The second kappa shape index (κ2) is 4.88. The normalized spacial score (nSPS) is 18.7. The molecule has 86 valence electrons. The molecule has 0 bridgehead atoms. The molecule has 0 radical (unpaired) electrons. The van der Waals surface area contributed by atoms with Gasteiger partial charge >= 0.3 is 0 Å². The zero-order valence-electron chi connectivity index (χ0n) is 9.50. The molecule has 0 unspecified atom stereocenters. The molecule has 1 aliphatic heterocycles. The van der Waals surface area contributed by atoms with E-state index in [9.17, 15) is 9.59 Å². The minimum atomic E-state index is -0.0344. The molecule has 0 aromatic rings. The third kappa shape index (κ3) is 3.74. The summed E-state index contributed by atoms with van der Waals surface area (Å²) in [6.07, 6.45) is 2.45. The molecule has 0 spiro atoms. The van der Waals surface area contributed by atoms with Crippen molar-refractivity contribution in [2.75, 3.05) is 25.9 Å². The predicted octanol–water partition coefficient (Wildman–Crippen LogP) is 0.476. The Balaban J connectivity index is 2.60. The van der Waals surface area contributed by atoms with Crippen molar-refractivity contribution in [1.29, 1.82) is 0 Å². The number of amides is 2. The second-order valence-corrected chi connectivity index (χ2v) is 5.82. The van der Waals surface area contributed by atoms with E-state index >= 15 is 0 Å². The SMILES string of the molecule is CSC(C)(C)CN1CCC(=O)NCC1=O. The third-order valence-corrected chi connectivity index (χ3v) is 3.76. The van der Waals surface area contributed by atoms with Crippen molar-refractivity contribution in [3.8, 4) is 0 Å². The fourth-order valence-electron chi connectivity index (χ4n) is 1.43. The number of carbonyl (C=O) groups excluding carboxylic acids is 2. The summed E-state index contributed by atoms with van der Waals surface area (Å²) >= 11 is 1.73. The third-order valence-electron chi connectivity index (χ3n) is 2.52. The van der Waals surface area contributed by atoms with Gasteiger partial charge in [0.1, 0.15) is 0 Å². The maximum absolute atomic E-state index is 11.7. The molecule has 5 heteroatoms. The maximum atomic E-state index is 11.7. The number of hydrogen-bond donors (Lipinski definition) is 1. The fraction of sp³-hybridized carbons (Fsp3) is 0.800. The molecule has 1 fully saturated rings. The van der Waals surface area contributed by atoms with E-state index in [0.717, 1.165) is 0 Å². The van der Waals surface area contributed by atoms with Gasteiger partial charge in [0, 0.05) is 24.3 Å². The van der Waals surface area contributed by atoms with Crippen LogP contribution in [0.15, 0.2) is 0 Å². The van der Waals surface area contributed by atoms with Crippen LogP contribution in [-0.2, 0) is 9.59 Å². The molecule has 15 heavy (non-hydrogen) atoms. The summed E-state index contributed by atoms with van der Waals surface area (Å²) in [5.74, 6) is -0.0178. The van der Waals surface area contributed by atoms with Crippen molar-refractivity contribution in [2.45, 2.75) is 25.0 Å². The number of nitrogens with zero attached hydrogens (tertiary/aromatic N) is 1. The van der Waals surface area contributed by atoms with Crippen LogP contribution in [0.25, 0.3) is 0 Å². The van der Waals surface area contributed by atoms with Crippen molar-refractivity contribution in [1.82, 2.24) is 10.2 Å². The van der Waals surface area contributed by atoms with Gasteiger partial charge in [-0.3, -0.25) is 9.59 Å². The summed E-state index contributed by atoms with van der Waals surface area (Å²) in [5, 5.41) is 2.59. The quantitative estimate of drug-likeness (QED) is 0.767. The summed E-state index contributed by atoms with van der Waals surface area (Å²) < 4.78 is 0.0447. The van der Waals surface area contributed by atoms with Gasteiger partial charge in [-0.15, -0.1) is 0 Å². The Morgan fingerprint density at radius 3 is 2.73 bits per heavy atom. The zero-order chi connectivity index (χ0) is 11.5. The van der Waals surface area contributed by atoms with E-state index in [-0.39, 0.29) is 23.1 Å². The van der Waals surface area contributed by atoms with E-state index < -0.39 is 0 Å². The van der Waals surface area contributed by atoms with Crippen molar-refractivity contribution < 1.29 is 9.59 Å². The average Bonchev–Trinajstić information content (AvgIpc) is 2.33. The molecule has 1 heterocycles. The Kier molecular flexibility index (Phi) is 4.02. The molecular formula is C10H18N2O2S. The largest absolute Gasteiger partial charge is 0.347 e. The lowest BCUT2D eigenvalue weighted by molar-refractivity contribution is -0.130. The first-order chi connectivity index (χ1) is 6.94. The first-order valence-electron chi connectivity index (χ1n) is 5.04. The van der Waals surface area contributed by atoms with Gasteiger partial charge in [0.15, 0.2) is 0 Å². The first kappa shape index (κ1) is 12.4. The summed E-state index contributed by atoms with van der Waals surface area (Å²) in [6.45, 7) is 5.58. The van der Waals surface area contributed by atoms with Gasteiger partial charge in [-0.25, -0.2) is 0 Å². The van der Waals surface area contributed by atoms with Crippen LogP contribution in [0.1, 0.15) is 20.3 Å². The van der Waals surface area contributed by atoms with Crippen LogP contribution in [0.4, 0.5) is 0 Å². The van der Waals surface area contributed by atoms with Crippen molar-refractivity contribution in [3.05, 3.63) is 0 Å². The average molecular weight is 230 g/mol. The molecule has 0 saturated carbocycles. The van der Waals surface area contributed by atoms with E-state index in [2.05, 4.69) is 19.2 Å². The Morgan fingerprint density at radius 1 is 1.47 bits per heavy atom. The van der Waals surface area contributed by atoms with Crippen LogP contribution >= 0.6 is 11.8 Å². The van der Waals surface area contributed by atoms with Crippen LogP contribution in [0, 0.1) is 0 Å². The zero-order valence-corrected chi connectivity index (χ0v) is 10.3. The first-order valence-corrected chi connectivity index (χ1v) is 6.27. The van der Waals surface area contributed by atoms with E-state index in [4.69, 9.17) is 0 Å². The highest BCUT2D eigenvalue weighted by atomic mass is 32.2. The highest BCUT2D eigenvalue weighted by Crippen LogP contribution is 2.22. The van der Waals surface area contributed by atoms with Gasteiger partial charge in [-0.2, -0.15) is 11.8 Å². The minimum absolute atomic E-state index is 0.0166. The van der Waals surface area contributed by atoms with Crippen LogP contribution in [0.5, 0.6) is 0 Å². The lowest BCUT2D eigenvalue weighted by Crippen LogP contribution is -2.42. The molecule has 0 aliphatic carbocycles. The monoisotopic (exact) mass is 230 g/mol. The second-order valence-electron chi connectivity index (χ2n) is 4.31. The van der Waals surface area contributed by atoms with Gasteiger partial charge in [-0.05, 0) is 20.1 Å². The summed E-state index contributed by atoms with van der Waals surface area (Å²) in [7, 11) is 0. The van der Waals surface area contributed by atoms with Gasteiger partial charge in [-0.1, -0.05) is 0 Å². The van der Waals surface area contributed by atoms with E-state index in [1.165, 1.54) is 0 Å². The molecule has 0 aromatic carbocycles. The van der Waals surface area contributed by atoms with Crippen LogP contribution in [-0.4, -0.2) is 47.4 Å². The highest BCUT2D eigenvalue weighted by molar-refractivity contribution is 7.99. The molecule has 1 saturated heterocycles. The van der Waals surface area contributed by atoms with Gasteiger partial charge in [0.05, 0.1) is 6.54 Å². The molecule has 0 aromatic heterocycles. The standard InChI is InChI=1S/C10H18N2O2S/c1-10(2,15-3)7-12-5-4-8(13)11-6-9(12)14/h4-7H2,1-3H3,(H,11,13). The molecule has 1 aliphatic rings. The number of thioether (sulfide) groups is 1. The molecule has 4 nitrogen and oxygen atoms in total. The van der Waals surface area contributed by atoms with E-state index in [1.807, 2.05) is 6.26 Å². The Bertz CT molecular complexity index is 266.